The fraction of sp³-hybridized carbons (Fsp3) is 0.429. The van der Waals surface area contributed by atoms with E-state index < -0.39 is 11.9 Å². The first kappa shape index (κ1) is 8.27. The molecule has 0 bridgehead atoms. The molecule has 0 aromatic heterocycles. The number of carboxylic acid groups (broad SMARTS) is 1. The highest BCUT2D eigenvalue weighted by Gasteiger charge is 2.27. The van der Waals surface area contributed by atoms with Crippen LogP contribution in [-0.2, 0) is 9.59 Å². The van der Waals surface area contributed by atoms with Crippen LogP contribution in [0.2, 0.25) is 0 Å². The molecule has 0 fully saturated rings. The Morgan fingerprint density at radius 1 is 1.64 bits per heavy atom. The van der Waals surface area contributed by atoms with Crippen molar-refractivity contribution in [2.45, 2.75) is 12.8 Å². The molecule has 11 heavy (non-hydrogen) atoms. The molecule has 0 amide bonds. The van der Waals surface area contributed by atoms with E-state index in [9.17, 15) is 9.59 Å². The summed E-state index contributed by atoms with van der Waals surface area (Å²) in [6.07, 6.45) is 1.20. The Labute approximate surface area is 68.7 Å². The summed E-state index contributed by atoms with van der Waals surface area (Å²) in [5, 5.41) is 8.94. The topological polar surface area (TPSA) is 54.4 Å². The molecule has 1 rings (SSSR count). The van der Waals surface area contributed by atoms with Crippen LogP contribution < -0.4 is 0 Å². The smallest absolute Gasteiger partial charge is 0.307 e. The van der Waals surface area contributed by atoms with Gasteiger partial charge in [0.2, 0.25) is 0 Å². The number of carboxylic acids is 1. The lowest BCUT2D eigenvalue weighted by Gasteiger charge is -1.99. The van der Waals surface area contributed by atoms with Gasteiger partial charge in [-0.2, -0.15) is 0 Å². The number of carbonyl (C=O) groups is 2. The fourth-order valence-corrected chi connectivity index (χ4v) is 1.39. The third-order valence-corrected chi connectivity index (χ3v) is 2.13. The van der Waals surface area contributed by atoms with Crippen LogP contribution in [0.3, 0.4) is 0 Å². The molecule has 3 nitrogen and oxygen atoms in total. The Hall–Kier alpha value is -0.830. The average Bonchev–Trinajstić information content (AvgIpc) is 2.31. The van der Waals surface area contributed by atoms with Gasteiger partial charge in [0.25, 0.3) is 0 Å². The lowest BCUT2D eigenvalue weighted by Crippen LogP contribution is -2.09. The molecule has 4 heteroatoms. The average molecular weight is 175 g/mol. The van der Waals surface area contributed by atoms with Crippen molar-refractivity contribution in [3.63, 3.8) is 0 Å². The zero-order valence-corrected chi connectivity index (χ0v) is 6.47. The Morgan fingerprint density at radius 3 is 2.55 bits per heavy atom. The Kier molecular flexibility index (Phi) is 2.29. The first-order valence-corrected chi connectivity index (χ1v) is 3.58. The molecule has 1 unspecified atom stereocenters. The van der Waals surface area contributed by atoms with Gasteiger partial charge in [0, 0.05) is 10.6 Å². The number of aliphatic carboxylic acids is 1. The number of hydrogen-bond acceptors (Lipinski definition) is 2. The van der Waals surface area contributed by atoms with Crippen molar-refractivity contribution in [1.82, 2.24) is 0 Å². The summed E-state index contributed by atoms with van der Waals surface area (Å²) in [7, 11) is 0. The van der Waals surface area contributed by atoms with Gasteiger partial charge in [0.1, 0.15) is 6.29 Å². The first-order valence-electron chi connectivity index (χ1n) is 3.20. The third-order valence-electron chi connectivity index (χ3n) is 1.73. The predicted molar refractivity (Wildman–Crippen MR) is 39.3 cm³/mol. The van der Waals surface area contributed by atoms with Gasteiger partial charge in [0.15, 0.2) is 0 Å². The summed E-state index contributed by atoms with van der Waals surface area (Å²) >= 11 is 5.60. The summed E-state index contributed by atoms with van der Waals surface area (Å²) < 4.78 is 0. The summed E-state index contributed by atoms with van der Waals surface area (Å²) in [6, 6.07) is 0. The highest BCUT2D eigenvalue weighted by atomic mass is 35.5. The molecule has 0 heterocycles. The van der Waals surface area contributed by atoms with E-state index in [1.807, 2.05) is 0 Å². The van der Waals surface area contributed by atoms with E-state index in [-0.39, 0.29) is 6.42 Å². The monoisotopic (exact) mass is 174 g/mol. The molecule has 0 aliphatic heterocycles. The molecular formula is C7H7ClO3. The highest BCUT2D eigenvalue weighted by Crippen LogP contribution is 2.32. The second-order valence-electron chi connectivity index (χ2n) is 2.49. The second kappa shape index (κ2) is 3.05. The van der Waals surface area contributed by atoms with Crippen molar-refractivity contribution in [3.8, 4) is 0 Å². The minimum absolute atomic E-state index is 0.275. The van der Waals surface area contributed by atoms with Gasteiger partial charge in [-0.1, -0.05) is 11.6 Å². The molecule has 0 aromatic carbocycles. The largest absolute Gasteiger partial charge is 0.481 e. The zero-order valence-electron chi connectivity index (χ0n) is 5.71. The summed E-state index contributed by atoms with van der Waals surface area (Å²) in [5.74, 6) is -1.39. The number of hydrogen-bond donors (Lipinski definition) is 1. The van der Waals surface area contributed by atoms with Crippen LogP contribution in [0.25, 0.3) is 0 Å². The minimum Gasteiger partial charge on any atom is -0.481 e. The molecule has 1 aliphatic rings. The van der Waals surface area contributed by atoms with Gasteiger partial charge >= 0.3 is 5.97 Å². The second-order valence-corrected chi connectivity index (χ2v) is 2.95. The van der Waals surface area contributed by atoms with Crippen molar-refractivity contribution in [3.05, 3.63) is 10.6 Å². The van der Waals surface area contributed by atoms with E-state index in [0.29, 0.717) is 23.3 Å². The Morgan fingerprint density at radius 2 is 2.27 bits per heavy atom. The molecular weight excluding hydrogens is 168 g/mol. The molecule has 1 aliphatic carbocycles. The zero-order chi connectivity index (χ0) is 8.43. The summed E-state index contributed by atoms with van der Waals surface area (Å²) in [5.41, 5.74) is 0.430. The van der Waals surface area contributed by atoms with Crippen LogP contribution >= 0.6 is 11.6 Å². The number of carbonyl (C=O) groups excluding carboxylic acids is 1. The van der Waals surface area contributed by atoms with E-state index in [1.54, 1.807) is 0 Å². The predicted octanol–water partition coefficient (Wildman–Crippen LogP) is 1.17. The third kappa shape index (κ3) is 1.60. The SMILES string of the molecule is O=CC1=C(Cl)CC(C(=O)O)C1. The van der Waals surface area contributed by atoms with E-state index in [2.05, 4.69) is 0 Å². The van der Waals surface area contributed by atoms with E-state index in [0.717, 1.165) is 0 Å². The van der Waals surface area contributed by atoms with Crippen molar-refractivity contribution in [2.24, 2.45) is 5.92 Å². The number of halogens is 1. The maximum absolute atomic E-state index is 10.4. The lowest BCUT2D eigenvalue weighted by molar-refractivity contribution is -0.141. The van der Waals surface area contributed by atoms with Gasteiger partial charge in [-0.05, 0) is 12.8 Å². The van der Waals surface area contributed by atoms with Crippen LogP contribution in [-0.4, -0.2) is 17.4 Å². The molecule has 0 radical (unpaired) electrons. The van der Waals surface area contributed by atoms with Crippen LogP contribution in [0, 0.1) is 5.92 Å². The first-order chi connectivity index (χ1) is 5.15. The van der Waals surface area contributed by atoms with Crippen molar-refractivity contribution >= 4 is 23.9 Å². The maximum Gasteiger partial charge on any atom is 0.307 e. The lowest BCUT2D eigenvalue weighted by atomic mass is 10.1. The van der Waals surface area contributed by atoms with Gasteiger partial charge in [-0.15, -0.1) is 0 Å². The highest BCUT2D eigenvalue weighted by molar-refractivity contribution is 6.31. The quantitative estimate of drug-likeness (QED) is 0.640. The molecule has 0 spiro atoms. The van der Waals surface area contributed by atoms with E-state index in [4.69, 9.17) is 16.7 Å². The minimum atomic E-state index is -0.889. The molecule has 1 N–H and O–H groups in total. The van der Waals surface area contributed by atoms with Gasteiger partial charge in [0.05, 0.1) is 5.92 Å². The molecule has 0 saturated heterocycles. The summed E-state index contributed by atoms with van der Waals surface area (Å²) in [4.78, 5) is 20.7. The standard InChI is InChI=1S/C7H7ClO3/c8-6-2-4(7(10)11)1-5(6)3-9/h3-4H,1-2H2,(H,10,11). The van der Waals surface area contributed by atoms with Crippen LogP contribution in [0.5, 0.6) is 0 Å². The van der Waals surface area contributed by atoms with Crippen molar-refractivity contribution in [2.75, 3.05) is 0 Å². The number of rotatable bonds is 2. The molecule has 1 atom stereocenters. The van der Waals surface area contributed by atoms with Gasteiger partial charge in [-0.3, -0.25) is 9.59 Å². The fourth-order valence-electron chi connectivity index (χ4n) is 1.08. The summed E-state index contributed by atoms with van der Waals surface area (Å²) in [6.45, 7) is 0. The van der Waals surface area contributed by atoms with Crippen LogP contribution in [0.4, 0.5) is 0 Å². The Bertz CT molecular complexity index is 232. The maximum atomic E-state index is 10.4. The van der Waals surface area contributed by atoms with Crippen molar-refractivity contribution < 1.29 is 14.7 Å². The van der Waals surface area contributed by atoms with Gasteiger partial charge in [-0.25, -0.2) is 0 Å². The number of aldehydes is 1. The van der Waals surface area contributed by atoms with E-state index in [1.165, 1.54) is 0 Å². The van der Waals surface area contributed by atoms with Crippen molar-refractivity contribution in [1.29, 1.82) is 0 Å². The molecule has 0 saturated carbocycles. The molecule has 60 valence electrons. The van der Waals surface area contributed by atoms with Crippen LogP contribution in [0.15, 0.2) is 10.6 Å². The normalized spacial score (nSPS) is 23.9. The van der Waals surface area contributed by atoms with Crippen LogP contribution in [0.1, 0.15) is 12.8 Å². The molecule has 0 aromatic rings. The van der Waals surface area contributed by atoms with Gasteiger partial charge < -0.3 is 5.11 Å². The van der Waals surface area contributed by atoms with E-state index >= 15 is 0 Å². The number of allylic oxidation sites excluding steroid dienone is 2. The Balaban J connectivity index is 2.67.